The lowest BCUT2D eigenvalue weighted by Gasteiger charge is -2.11. The summed E-state index contributed by atoms with van der Waals surface area (Å²) in [5, 5.41) is 2.83. The van der Waals surface area contributed by atoms with Gasteiger partial charge in [0.25, 0.3) is 0 Å². The third-order valence-electron chi connectivity index (χ3n) is 3.43. The molecule has 0 saturated heterocycles. The molecule has 2 aromatic carbocycles. The second-order valence-corrected chi connectivity index (χ2v) is 4.63. The second-order valence-electron chi connectivity index (χ2n) is 4.63. The Morgan fingerprint density at radius 1 is 1.00 bits per heavy atom. The van der Waals surface area contributed by atoms with Crippen LogP contribution in [0, 0.1) is 13.8 Å². The topological polar surface area (TPSA) is 0 Å². The maximum Gasteiger partial charge on any atom is -0.0149 e. The Balaban J connectivity index is 2.56. The smallest absolute Gasteiger partial charge is 0.0149 e. The lowest BCUT2D eigenvalue weighted by molar-refractivity contribution is 0.792. The van der Waals surface area contributed by atoms with Crippen molar-refractivity contribution in [2.75, 3.05) is 0 Å². The molecule has 0 saturated carbocycles. The standard InChI is InChI=1S/C16H20/c1-4-5-8-14-11-12(2)15-9-6-7-10-16(15)13(14)3/h6-7,9-11H,4-5,8H2,1-3H3. The minimum atomic E-state index is 1.22. The Kier molecular flexibility index (Phi) is 3.28. The predicted molar refractivity (Wildman–Crippen MR) is 72.0 cm³/mol. The van der Waals surface area contributed by atoms with Crippen molar-refractivity contribution < 1.29 is 0 Å². The van der Waals surface area contributed by atoms with E-state index in [9.17, 15) is 0 Å². The Morgan fingerprint density at radius 3 is 2.38 bits per heavy atom. The summed E-state index contributed by atoms with van der Waals surface area (Å²) in [6, 6.07) is 11.1. The van der Waals surface area contributed by atoms with Gasteiger partial charge >= 0.3 is 0 Å². The summed E-state index contributed by atoms with van der Waals surface area (Å²) in [5.41, 5.74) is 4.40. The normalized spacial score (nSPS) is 10.9. The highest BCUT2D eigenvalue weighted by Crippen LogP contribution is 2.26. The number of benzene rings is 2. The molecule has 0 aliphatic carbocycles. The Hall–Kier alpha value is -1.30. The van der Waals surface area contributed by atoms with E-state index in [1.165, 1.54) is 46.7 Å². The number of rotatable bonds is 3. The van der Waals surface area contributed by atoms with Gasteiger partial charge in [-0.3, -0.25) is 0 Å². The fraction of sp³-hybridized carbons (Fsp3) is 0.375. The molecule has 0 bridgehead atoms. The van der Waals surface area contributed by atoms with Crippen LogP contribution in [0.25, 0.3) is 10.8 Å². The molecule has 0 aromatic heterocycles. The van der Waals surface area contributed by atoms with Gasteiger partial charge in [0.2, 0.25) is 0 Å². The van der Waals surface area contributed by atoms with Crippen molar-refractivity contribution in [3.63, 3.8) is 0 Å². The lowest BCUT2D eigenvalue weighted by atomic mass is 9.93. The van der Waals surface area contributed by atoms with Crippen LogP contribution >= 0.6 is 0 Å². The highest BCUT2D eigenvalue weighted by atomic mass is 14.1. The summed E-state index contributed by atoms with van der Waals surface area (Å²) in [6.07, 6.45) is 3.78. The van der Waals surface area contributed by atoms with Crippen molar-refractivity contribution in [2.45, 2.75) is 40.0 Å². The molecule has 0 heteroatoms. The molecule has 0 spiro atoms. The van der Waals surface area contributed by atoms with Gasteiger partial charge in [-0.25, -0.2) is 0 Å². The van der Waals surface area contributed by atoms with Gasteiger partial charge in [0.05, 0.1) is 0 Å². The zero-order valence-corrected chi connectivity index (χ0v) is 10.5. The molecule has 0 atom stereocenters. The second kappa shape index (κ2) is 4.69. The van der Waals surface area contributed by atoms with E-state index < -0.39 is 0 Å². The Bertz CT molecular complexity index is 495. The van der Waals surface area contributed by atoms with Gasteiger partial charge in [0.15, 0.2) is 0 Å². The summed E-state index contributed by atoms with van der Waals surface area (Å²) in [5.74, 6) is 0. The number of unbranched alkanes of at least 4 members (excludes halogenated alkanes) is 1. The highest BCUT2D eigenvalue weighted by Gasteiger charge is 2.05. The predicted octanol–water partition coefficient (Wildman–Crippen LogP) is 4.80. The van der Waals surface area contributed by atoms with Crippen LogP contribution < -0.4 is 0 Å². The van der Waals surface area contributed by atoms with E-state index in [1.54, 1.807) is 0 Å². The number of hydrogen-bond donors (Lipinski definition) is 0. The summed E-state index contributed by atoms with van der Waals surface area (Å²) in [6.45, 7) is 6.73. The first-order valence-electron chi connectivity index (χ1n) is 6.22. The summed E-state index contributed by atoms with van der Waals surface area (Å²) in [7, 11) is 0. The molecular formula is C16H20. The van der Waals surface area contributed by atoms with Crippen LogP contribution in [0.4, 0.5) is 0 Å². The van der Waals surface area contributed by atoms with E-state index in [-0.39, 0.29) is 0 Å². The van der Waals surface area contributed by atoms with Gasteiger partial charge in [-0.15, -0.1) is 0 Å². The molecule has 0 N–H and O–H groups in total. The lowest BCUT2D eigenvalue weighted by Crippen LogP contribution is -1.93. The van der Waals surface area contributed by atoms with Gasteiger partial charge < -0.3 is 0 Å². The molecule has 0 fully saturated rings. The molecule has 84 valence electrons. The van der Waals surface area contributed by atoms with Crippen LogP contribution in [0.1, 0.15) is 36.5 Å². The minimum Gasteiger partial charge on any atom is -0.0654 e. The van der Waals surface area contributed by atoms with Crippen LogP contribution in [0.15, 0.2) is 30.3 Å². The Labute approximate surface area is 98.3 Å². The largest absolute Gasteiger partial charge is 0.0654 e. The van der Waals surface area contributed by atoms with E-state index >= 15 is 0 Å². The molecule has 2 aromatic rings. The quantitative estimate of drug-likeness (QED) is 0.685. The van der Waals surface area contributed by atoms with Crippen LogP contribution in [0.5, 0.6) is 0 Å². The van der Waals surface area contributed by atoms with Crippen molar-refractivity contribution >= 4 is 10.8 Å². The van der Waals surface area contributed by atoms with Crippen LogP contribution in [-0.2, 0) is 6.42 Å². The van der Waals surface area contributed by atoms with Gasteiger partial charge in [0, 0.05) is 0 Å². The number of fused-ring (bicyclic) bond motifs is 1. The van der Waals surface area contributed by atoms with E-state index in [0.717, 1.165) is 0 Å². The van der Waals surface area contributed by atoms with E-state index in [1.807, 2.05) is 0 Å². The molecule has 2 rings (SSSR count). The van der Waals surface area contributed by atoms with Crippen molar-refractivity contribution in [3.05, 3.63) is 47.0 Å². The highest BCUT2D eigenvalue weighted by molar-refractivity contribution is 5.89. The average molecular weight is 212 g/mol. The number of hydrogen-bond acceptors (Lipinski definition) is 0. The zero-order valence-electron chi connectivity index (χ0n) is 10.5. The van der Waals surface area contributed by atoms with Gasteiger partial charge in [0.1, 0.15) is 0 Å². The van der Waals surface area contributed by atoms with E-state index in [4.69, 9.17) is 0 Å². The van der Waals surface area contributed by atoms with Crippen LogP contribution in [0.3, 0.4) is 0 Å². The van der Waals surface area contributed by atoms with Crippen molar-refractivity contribution in [1.82, 2.24) is 0 Å². The van der Waals surface area contributed by atoms with Gasteiger partial charge in [-0.05, 0) is 54.2 Å². The van der Waals surface area contributed by atoms with Gasteiger partial charge in [-0.1, -0.05) is 43.7 Å². The fourth-order valence-corrected chi connectivity index (χ4v) is 2.40. The molecule has 0 heterocycles. The first-order valence-corrected chi connectivity index (χ1v) is 6.22. The molecule has 0 unspecified atom stereocenters. The maximum atomic E-state index is 2.37. The van der Waals surface area contributed by atoms with Crippen molar-refractivity contribution in [3.8, 4) is 0 Å². The summed E-state index contributed by atoms with van der Waals surface area (Å²) < 4.78 is 0. The molecule has 0 radical (unpaired) electrons. The summed E-state index contributed by atoms with van der Waals surface area (Å²) in [4.78, 5) is 0. The number of aryl methyl sites for hydroxylation is 3. The zero-order chi connectivity index (χ0) is 11.5. The van der Waals surface area contributed by atoms with E-state index in [2.05, 4.69) is 51.1 Å². The van der Waals surface area contributed by atoms with Crippen molar-refractivity contribution in [2.24, 2.45) is 0 Å². The van der Waals surface area contributed by atoms with Crippen molar-refractivity contribution in [1.29, 1.82) is 0 Å². The third kappa shape index (κ3) is 1.97. The van der Waals surface area contributed by atoms with Crippen LogP contribution in [-0.4, -0.2) is 0 Å². The van der Waals surface area contributed by atoms with E-state index in [0.29, 0.717) is 0 Å². The maximum absolute atomic E-state index is 2.37. The molecule has 0 aliphatic rings. The molecule has 0 nitrogen and oxygen atoms in total. The molecular weight excluding hydrogens is 192 g/mol. The van der Waals surface area contributed by atoms with Gasteiger partial charge in [-0.2, -0.15) is 0 Å². The first-order chi connectivity index (χ1) is 7.74. The Morgan fingerprint density at radius 2 is 1.69 bits per heavy atom. The minimum absolute atomic E-state index is 1.22. The molecule has 0 amide bonds. The fourth-order valence-electron chi connectivity index (χ4n) is 2.40. The molecule has 0 aliphatic heterocycles. The SMILES string of the molecule is CCCCc1cc(C)c2ccccc2c1C. The summed E-state index contributed by atoms with van der Waals surface area (Å²) >= 11 is 0. The average Bonchev–Trinajstić information content (AvgIpc) is 2.32. The van der Waals surface area contributed by atoms with Crippen LogP contribution in [0.2, 0.25) is 0 Å². The first kappa shape index (κ1) is 11.2. The third-order valence-corrected chi connectivity index (χ3v) is 3.43. The molecule has 16 heavy (non-hydrogen) atoms. The monoisotopic (exact) mass is 212 g/mol.